The third-order valence-corrected chi connectivity index (χ3v) is 5.14. The average molecular weight is 268 g/mol. The summed E-state index contributed by atoms with van der Waals surface area (Å²) in [6, 6.07) is 3.96. The van der Waals surface area contributed by atoms with E-state index in [1.807, 2.05) is 24.7 Å². The van der Waals surface area contributed by atoms with E-state index in [2.05, 4.69) is 14.5 Å². The molecule has 2 N–H and O–H groups in total. The lowest BCUT2D eigenvalue weighted by Crippen LogP contribution is -2.17. The van der Waals surface area contributed by atoms with Gasteiger partial charge in [0, 0.05) is 18.3 Å². The lowest BCUT2D eigenvalue weighted by molar-refractivity contribution is 0.296. The SMILES string of the molecule is Nc1ncccc1-c1cncn1CC1CC2CCC1C2. The summed E-state index contributed by atoms with van der Waals surface area (Å²) in [5.41, 5.74) is 8.09. The van der Waals surface area contributed by atoms with Gasteiger partial charge in [0.25, 0.3) is 0 Å². The Balaban J connectivity index is 1.61. The molecule has 104 valence electrons. The molecule has 20 heavy (non-hydrogen) atoms. The number of hydrogen-bond donors (Lipinski definition) is 1. The topological polar surface area (TPSA) is 56.7 Å². The van der Waals surface area contributed by atoms with Crippen molar-refractivity contribution in [3.63, 3.8) is 0 Å². The van der Waals surface area contributed by atoms with Gasteiger partial charge in [-0.1, -0.05) is 6.42 Å². The molecule has 4 nitrogen and oxygen atoms in total. The largest absolute Gasteiger partial charge is 0.383 e. The lowest BCUT2D eigenvalue weighted by atomic mass is 9.89. The Hall–Kier alpha value is -1.84. The molecule has 3 atom stereocenters. The van der Waals surface area contributed by atoms with Gasteiger partial charge in [-0.3, -0.25) is 0 Å². The van der Waals surface area contributed by atoms with Gasteiger partial charge >= 0.3 is 0 Å². The zero-order chi connectivity index (χ0) is 13.5. The second-order valence-corrected chi connectivity index (χ2v) is 6.30. The molecular formula is C16H20N4. The zero-order valence-corrected chi connectivity index (χ0v) is 11.6. The van der Waals surface area contributed by atoms with Gasteiger partial charge in [0.15, 0.2) is 0 Å². The van der Waals surface area contributed by atoms with Gasteiger partial charge in [0.1, 0.15) is 5.82 Å². The number of rotatable bonds is 3. The van der Waals surface area contributed by atoms with Crippen molar-refractivity contribution in [3.8, 4) is 11.3 Å². The summed E-state index contributed by atoms with van der Waals surface area (Å²) in [4.78, 5) is 8.51. The van der Waals surface area contributed by atoms with Crippen molar-refractivity contribution >= 4 is 5.82 Å². The summed E-state index contributed by atoms with van der Waals surface area (Å²) in [6.45, 7) is 1.07. The summed E-state index contributed by atoms with van der Waals surface area (Å²) in [6.07, 6.45) is 11.3. The van der Waals surface area contributed by atoms with Gasteiger partial charge < -0.3 is 10.3 Å². The van der Waals surface area contributed by atoms with E-state index in [0.717, 1.165) is 35.6 Å². The fraction of sp³-hybridized carbons (Fsp3) is 0.500. The van der Waals surface area contributed by atoms with Gasteiger partial charge in [-0.15, -0.1) is 0 Å². The summed E-state index contributed by atoms with van der Waals surface area (Å²) in [5.74, 6) is 3.32. The molecule has 0 aromatic carbocycles. The molecule has 0 saturated heterocycles. The molecule has 3 unspecified atom stereocenters. The highest BCUT2D eigenvalue weighted by atomic mass is 15.1. The van der Waals surface area contributed by atoms with E-state index >= 15 is 0 Å². The number of imidazole rings is 1. The summed E-state index contributed by atoms with van der Waals surface area (Å²) >= 11 is 0. The second-order valence-electron chi connectivity index (χ2n) is 6.30. The quantitative estimate of drug-likeness (QED) is 0.931. The van der Waals surface area contributed by atoms with Crippen LogP contribution >= 0.6 is 0 Å². The van der Waals surface area contributed by atoms with Crippen molar-refractivity contribution in [1.29, 1.82) is 0 Å². The Bertz CT molecular complexity index is 618. The smallest absolute Gasteiger partial charge is 0.132 e. The molecule has 2 fully saturated rings. The number of nitrogen functional groups attached to an aromatic ring is 1. The number of anilines is 1. The van der Waals surface area contributed by atoms with E-state index in [9.17, 15) is 0 Å². The monoisotopic (exact) mass is 268 g/mol. The number of nitrogens with two attached hydrogens (primary N) is 1. The van der Waals surface area contributed by atoms with Crippen molar-refractivity contribution in [3.05, 3.63) is 30.9 Å². The van der Waals surface area contributed by atoms with Gasteiger partial charge in [-0.2, -0.15) is 0 Å². The lowest BCUT2D eigenvalue weighted by Gasteiger charge is -2.23. The van der Waals surface area contributed by atoms with Crippen LogP contribution in [0.5, 0.6) is 0 Å². The molecule has 0 aliphatic heterocycles. The minimum absolute atomic E-state index is 0.585. The predicted octanol–water partition coefficient (Wildman–Crippen LogP) is 2.96. The second kappa shape index (κ2) is 4.62. The van der Waals surface area contributed by atoms with Crippen molar-refractivity contribution < 1.29 is 0 Å². The normalized spacial score (nSPS) is 28.1. The van der Waals surface area contributed by atoms with E-state index < -0.39 is 0 Å². The molecule has 2 bridgehead atoms. The maximum absolute atomic E-state index is 6.00. The van der Waals surface area contributed by atoms with Crippen LogP contribution in [0.25, 0.3) is 11.3 Å². The highest BCUT2D eigenvalue weighted by Gasteiger charge is 2.39. The number of pyridine rings is 1. The van der Waals surface area contributed by atoms with Crippen molar-refractivity contribution in [2.75, 3.05) is 5.73 Å². The molecule has 0 spiro atoms. The fourth-order valence-electron chi connectivity index (χ4n) is 4.18. The molecule has 2 heterocycles. The first kappa shape index (κ1) is 11.9. The van der Waals surface area contributed by atoms with Crippen molar-refractivity contribution in [2.45, 2.75) is 32.2 Å². The molecule has 0 amide bonds. The van der Waals surface area contributed by atoms with Crippen LogP contribution in [0.1, 0.15) is 25.7 Å². The van der Waals surface area contributed by atoms with E-state index in [4.69, 9.17) is 5.73 Å². The maximum atomic E-state index is 6.00. The van der Waals surface area contributed by atoms with Gasteiger partial charge in [0.2, 0.25) is 0 Å². The van der Waals surface area contributed by atoms with Crippen molar-refractivity contribution in [1.82, 2.24) is 14.5 Å². The molecule has 2 aliphatic rings. The maximum Gasteiger partial charge on any atom is 0.132 e. The molecule has 2 saturated carbocycles. The summed E-state index contributed by atoms with van der Waals surface area (Å²) in [5, 5.41) is 0. The average Bonchev–Trinajstić information content (AvgIpc) is 3.16. The molecule has 0 radical (unpaired) electrons. The third-order valence-electron chi connectivity index (χ3n) is 5.14. The standard InChI is InChI=1S/C16H20N4/c17-16-14(2-1-5-19-16)15-8-18-10-20(15)9-13-7-11-3-4-12(13)6-11/h1-2,5,8,10-13H,3-4,6-7,9H2,(H2,17,19). The van der Waals surface area contributed by atoms with Crippen LogP contribution in [0.4, 0.5) is 5.82 Å². The van der Waals surface area contributed by atoms with Crippen LogP contribution in [0.15, 0.2) is 30.9 Å². The number of fused-ring (bicyclic) bond motifs is 2. The van der Waals surface area contributed by atoms with E-state index in [1.165, 1.54) is 25.7 Å². The third kappa shape index (κ3) is 1.90. The number of aromatic nitrogens is 3. The Labute approximate surface area is 119 Å². The Morgan fingerprint density at radius 3 is 3.00 bits per heavy atom. The van der Waals surface area contributed by atoms with Crippen LogP contribution in [-0.4, -0.2) is 14.5 Å². The first-order chi connectivity index (χ1) is 9.81. The molecule has 2 aromatic heterocycles. The highest BCUT2D eigenvalue weighted by molar-refractivity contribution is 5.70. The molecular weight excluding hydrogens is 248 g/mol. The molecule has 4 rings (SSSR count). The Morgan fingerprint density at radius 1 is 1.30 bits per heavy atom. The van der Waals surface area contributed by atoms with Crippen LogP contribution < -0.4 is 5.73 Å². The van der Waals surface area contributed by atoms with E-state index in [-0.39, 0.29) is 0 Å². The van der Waals surface area contributed by atoms with Gasteiger partial charge in [-0.25, -0.2) is 9.97 Å². The first-order valence-corrected chi connectivity index (χ1v) is 7.52. The minimum atomic E-state index is 0.585. The van der Waals surface area contributed by atoms with E-state index in [0.29, 0.717) is 5.82 Å². The number of hydrogen-bond acceptors (Lipinski definition) is 3. The van der Waals surface area contributed by atoms with Crippen LogP contribution in [0.3, 0.4) is 0 Å². The summed E-state index contributed by atoms with van der Waals surface area (Å²) < 4.78 is 2.26. The van der Waals surface area contributed by atoms with Crippen molar-refractivity contribution in [2.24, 2.45) is 17.8 Å². The molecule has 2 aliphatic carbocycles. The molecule has 4 heteroatoms. The minimum Gasteiger partial charge on any atom is -0.383 e. The fourth-order valence-corrected chi connectivity index (χ4v) is 4.18. The van der Waals surface area contributed by atoms with E-state index in [1.54, 1.807) is 6.20 Å². The Kier molecular flexibility index (Phi) is 2.76. The molecule has 2 aromatic rings. The summed E-state index contributed by atoms with van der Waals surface area (Å²) in [7, 11) is 0. The highest BCUT2D eigenvalue weighted by Crippen LogP contribution is 2.49. The van der Waals surface area contributed by atoms with Crippen LogP contribution in [0.2, 0.25) is 0 Å². The van der Waals surface area contributed by atoms with Gasteiger partial charge in [0.05, 0.1) is 18.2 Å². The zero-order valence-electron chi connectivity index (χ0n) is 11.6. The Morgan fingerprint density at radius 2 is 2.25 bits per heavy atom. The van der Waals surface area contributed by atoms with Gasteiger partial charge in [-0.05, 0) is 49.1 Å². The van der Waals surface area contributed by atoms with Crippen LogP contribution in [-0.2, 0) is 6.54 Å². The predicted molar refractivity (Wildman–Crippen MR) is 78.8 cm³/mol. The van der Waals surface area contributed by atoms with Crippen LogP contribution in [0, 0.1) is 17.8 Å². The number of nitrogens with zero attached hydrogens (tertiary/aromatic N) is 3. The first-order valence-electron chi connectivity index (χ1n) is 7.52.